The number of halogens is 2. The largest absolute Gasteiger partial charge is 0.289 e. The fraction of sp³-hybridized carbons (Fsp3) is 0.188. The normalized spacial score (nSPS) is 10.5. The lowest BCUT2D eigenvalue weighted by Gasteiger charge is -2.07. The summed E-state index contributed by atoms with van der Waals surface area (Å²) >= 11 is 5.74. The van der Waals surface area contributed by atoms with Crippen molar-refractivity contribution in [3.63, 3.8) is 0 Å². The van der Waals surface area contributed by atoms with Gasteiger partial charge >= 0.3 is 0 Å². The van der Waals surface area contributed by atoms with Crippen molar-refractivity contribution in [2.24, 2.45) is 0 Å². The molecule has 3 heteroatoms. The first-order chi connectivity index (χ1) is 9.02. The summed E-state index contributed by atoms with van der Waals surface area (Å²) in [5, 5.41) is 0. The van der Waals surface area contributed by atoms with Gasteiger partial charge in [-0.3, -0.25) is 4.79 Å². The van der Waals surface area contributed by atoms with E-state index in [0.717, 1.165) is 25.6 Å². The van der Waals surface area contributed by atoms with Crippen LogP contribution in [0.3, 0.4) is 0 Å². The van der Waals surface area contributed by atoms with Crippen LogP contribution >= 0.6 is 38.5 Å². The van der Waals surface area contributed by atoms with Gasteiger partial charge in [0.25, 0.3) is 0 Å². The minimum absolute atomic E-state index is 0.0624. The van der Waals surface area contributed by atoms with Gasteiger partial charge < -0.3 is 0 Å². The molecule has 0 aliphatic heterocycles. The van der Waals surface area contributed by atoms with Crippen LogP contribution in [0.15, 0.2) is 40.9 Å². The summed E-state index contributed by atoms with van der Waals surface area (Å²) in [6, 6.07) is 11.8. The first-order valence-corrected chi connectivity index (χ1v) is 7.99. The molecule has 0 saturated heterocycles. The predicted molar refractivity (Wildman–Crippen MR) is 90.8 cm³/mol. The van der Waals surface area contributed by atoms with Crippen molar-refractivity contribution in [1.82, 2.24) is 0 Å². The predicted octanol–water partition coefficient (Wildman–Crippen LogP) is 5.16. The fourth-order valence-corrected chi connectivity index (χ4v) is 2.97. The summed E-state index contributed by atoms with van der Waals surface area (Å²) < 4.78 is 1.96. The second-order valence-electron chi connectivity index (χ2n) is 4.46. The third-order valence-corrected chi connectivity index (χ3v) is 4.94. The topological polar surface area (TPSA) is 17.1 Å². The van der Waals surface area contributed by atoms with Gasteiger partial charge in [0, 0.05) is 19.2 Å². The number of benzene rings is 2. The van der Waals surface area contributed by atoms with Gasteiger partial charge in [0.05, 0.1) is 0 Å². The van der Waals surface area contributed by atoms with E-state index in [1.54, 1.807) is 0 Å². The van der Waals surface area contributed by atoms with Crippen molar-refractivity contribution in [3.8, 4) is 0 Å². The zero-order valence-corrected chi connectivity index (χ0v) is 14.6. The fourth-order valence-electron chi connectivity index (χ4n) is 1.87. The molecule has 1 nitrogen and oxygen atoms in total. The highest BCUT2D eigenvalue weighted by atomic mass is 127. The smallest absolute Gasteiger partial charge is 0.194 e. The van der Waals surface area contributed by atoms with Crippen molar-refractivity contribution < 1.29 is 4.79 Å². The lowest BCUT2D eigenvalue weighted by Crippen LogP contribution is -2.03. The molecule has 0 unspecified atom stereocenters. The molecule has 19 heavy (non-hydrogen) atoms. The van der Waals surface area contributed by atoms with E-state index in [4.69, 9.17) is 0 Å². The van der Waals surface area contributed by atoms with Crippen molar-refractivity contribution >= 4 is 44.3 Å². The third-order valence-electron chi connectivity index (χ3n) is 3.12. The lowest BCUT2D eigenvalue weighted by atomic mass is 10.0. The third kappa shape index (κ3) is 3.26. The Morgan fingerprint density at radius 1 is 1.21 bits per heavy atom. The molecule has 0 amide bonds. The zero-order chi connectivity index (χ0) is 14.0. The maximum Gasteiger partial charge on any atom is 0.194 e. The first-order valence-electron chi connectivity index (χ1n) is 6.12. The Kier molecular flexibility index (Phi) is 4.79. The van der Waals surface area contributed by atoms with E-state index in [1.807, 2.05) is 43.3 Å². The van der Waals surface area contributed by atoms with Crippen LogP contribution in [0.2, 0.25) is 0 Å². The summed E-state index contributed by atoms with van der Waals surface area (Å²) in [4.78, 5) is 12.5. The Labute approximate surface area is 135 Å². The van der Waals surface area contributed by atoms with Crippen LogP contribution in [-0.4, -0.2) is 5.78 Å². The molecule has 2 aromatic carbocycles. The molecular weight excluding hydrogens is 415 g/mol. The van der Waals surface area contributed by atoms with Gasteiger partial charge in [0.2, 0.25) is 0 Å². The van der Waals surface area contributed by atoms with E-state index in [1.165, 1.54) is 11.1 Å². The molecule has 0 fully saturated rings. The van der Waals surface area contributed by atoms with Crippen molar-refractivity contribution in [3.05, 3.63) is 66.7 Å². The Balaban J connectivity index is 2.40. The van der Waals surface area contributed by atoms with E-state index < -0.39 is 0 Å². The Hall–Kier alpha value is -0.680. The maximum atomic E-state index is 12.5. The molecule has 0 N–H and O–H groups in total. The van der Waals surface area contributed by atoms with E-state index in [-0.39, 0.29) is 5.78 Å². The van der Waals surface area contributed by atoms with Gasteiger partial charge in [0.1, 0.15) is 0 Å². The van der Waals surface area contributed by atoms with Gasteiger partial charge in [0.15, 0.2) is 5.78 Å². The highest BCUT2D eigenvalue weighted by molar-refractivity contribution is 14.1. The monoisotopic (exact) mass is 428 g/mol. The molecule has 98 valence electrons. The molecule has 0 aliphatic carbocycles. The van der Waals surface area contributed by atoms with Crippen LogP contribution in [0.4, 0.5) is 0 Å². The van der Waals surface area contributed by atoms with Gasteiger partial charge in [-0.2, -0.15) is 0 Å². The average molecular weight is 429 g/mol. The molecule has 2 rings (SSSR count). The maximum absolute atomic E-state index is 12.5. The quantitative estimate of drug-likeness (QED) is 0.487. The molecule has 0 radical (unpaired) electrons. The lowest BCUT2D eigenvalue weighted by molar-refractivity contribution is 0.103. The summed E-state index contributed by atoms with van der Waals surface area (Å²) in [6.45, 7) is 4.15. The van der Waals surface area contributed by atoms with E-state index in [2.05, 4.69) is 45.4 Å². The minimum Gasteiger partial charge on any atom is -0.289 e. The minimum atomic E-state index is 0.0624. The Morgan fingerprint density at radius 2 is 1.84 bits per heavy atom. The molecular formula is C16H14BrIO. The van der Waals surface area contributed by atoms with Gasteiger partial charge in [-0.15, -0.1) is 0 Å². The van der Waals surface area contributed by atoms with Crippen molar-refractivity contribution in [2.75, 3.05) is 0 Å². The second kappa shape index (κ2) is 6.18. The molecule has 0 aromatic heterocycles. The number of ketones is 1. The van der Waals surface area contributed by atoms with Crippen LogP contribution in [0.1, 0.15) is 34.0 Å². The SMILES string of the molecule is CCc1ccc(C(=O)c2cc(I)c(C)cc2Br)cc1. The summed E-state index contributed by atoms with van der Waals surface area (Å²) in [5.74, 6) is 0.0624. The van der Waals surface area contributed by atoms with Gasteiger partial charge in [-0.25, -0.2) is 0 Å². The molecule has 0 atom stereocenters. The molecule has 0 spiro atoms. The molecule has 0 aliphatic rings. The van der Waals surface area contributed by atoms with Crippen LogP contribution in [0.5, 0.6) is 0 Å². The average Bonchev–Trinajstić information content (AvgIpc) is 2.42. The van der Waals surface area contributed by atoms with E-state index in [0.29, 0.717) is 0 Å². The van der Waals surface area contributed by atoms with Crippen LogP contribution in [0, 0.1) is 10.5 Å². The summed E-state index contributed by atoms with van der Waals surface area (Å²) in [6.07, 6.45) is 0.987. The zero-order valence-electron chi connectivity index (χ0n) is 10.8. The summed E-state index contributed by atoms with van der Waals surface area (Å²) in [7, 11) is 0. The summed E-state index contributed by atoms with van der Waals surface area (Å²) in [5.41, 5.74) is 3.87. The highest BCUT2D eigenvalue weighted by Gasteiger charge is 2.14. The van der Waals surface area contributed by atoms with Crippen molar-refractivity contribution in [1.29, 1.82) is 0 Å². The Bertz CT molecular complexity index is 617. The highest BCUT2D eigenvalue weighted by Crippen LogP contribution is 2.25. The van der Waals surface area contributed by atoms with E-state index >= 15 is 0 Å². The number of rotatable bonds is 3. The molecule has 0 saturated carbocycles. The first kappa shape index (κ1) is 14.7. The molecule has 0 heterocycles. The van der Waals surface area contributed by atoms with Crippen LogP contribution in [0.25, 0.3) is 0 Å². The second-order valence-corrected chi connectivity index (χ2v) is 6.48. The van der Waals surface area contributed by atoms with Crippen LogP contribution < -0.4 is 0 Å². The van der Waals surface area contributed by atoms with E-state index in [9.17, 15) is 4.79 Å². The Morgan fingerprint density at radius 3 is 2.42 bits per heavy atom. The number of carbonyl (C=O) groups is 1. The number of hydrogen-bond donors (Lipinski definition) is 0. The molecule has 2 aromatic rings. The van der Waals surface area contributed by atoms with Gasteiger partial charge in [-0.1, -0.05) is 47.1 Å². The van der Waals surface area contributed by atoms with Gasteiger partial charge in [-0.05, 0) is 59.2 Å². The number of carbonyl (C=O) groups excluding carboxylic acids is 1. The van der Waals surface area contributed by atoms with Crippen molar-refractivity contribution in [2.45, 2.75) is 20.3 Å². The van der Waals surface area contributed by atoms with Crippen LogP contribution in [-0.2, 0) is 6.42 Å². The standard InChI is InChI=1S/C16H14BrIO/c1-3-11-4-6-12(7-5-11)16(19)13-9-15(18)10(2)8-14(13)17/h4-9H,3H2,1-2H3. The molecule has 0 bridgehead atoms. The number of hydrogen-bond acceptors (Lipinski definition) is 1. The number of aryl methyl sites for hydroxylation is 2.